The Morgan fingerprint density at radius 1 is 1.37 bits per heavy atom. The second kappa shape index (κ2) is 6.55. The van der Waals surface area contributed by atoms with Gasteiger partial charge in [0.25, 0.3) is 0 Å². The van der Waals surface area contributed by atoms with Gasteiger partial charge in [0.15, 0.2) is 0 Å². The van der Waals surface area contributed by atoms with E-state index in [4.69, 9.17) is 4.74 Å². The van der Waals surface area contributed by atoms with Crippen LogP contribution in [0.1, 0.15) is 23.6 Å². The molecule has 4 heteroatoms. The average molecular weight is 259 g/mol. The first-order valence-electron chi connectivity index (χ1n) is 6.75. The Kier molecular flexibility index (Phi) is 4.78. The van der Waals surface area contributed by atoms with Gasteiger partial charge in [-0.05, 0) is 43.1 Å². The summed E-state index contributed by atoms with van der Waals surface area (Å²) < 4.78 is 5.27. The number of nitrogens with one attached hydrogen (secondary N) is 1. The van der Waals surface area contributed by atoms with E-state index in [-0.39, 0.29) is 6.04 Å². The molecule has 0 aromatic heterocycles. The van der Waals surface area contributed by atoms with Crippen molar-refractivity contribution in [2.45, 2.75) is 19.4 Å². The first-order valence-corrected chi connectivity index (χ1v) is 6.75. The largest absolute Gasteiger partial charge is 0.496 e. The van der Waals surface area contributed by atoms with Crippen molar-refractivity contribution in [2.24, 2.45) is 0 Å². The van der Waals surface area contributed by atoms with E-state index in [0.717, 1.165) is 49.5 Å². The number of hydrogen-bond acceptors (Lipinski definition) is 4. The molecule has 1 aromatic carbocycles. The lowest BCUT2D eigenvalue weighted by Crippen LogP contribution is -2.31. The van der Waals surface area contributed by atoms with Crippen molar-refractivity contribution in [1.29, 1.82) is 5.26 Å². The molecule has 1 unspecified atom stereocenters. The van der Waals surface area contributed by atoms with Gasteiger partial charge in [-0.2, -0.15) is 5.26 Å². The number of benzene rings is 1. The summed E-state index contributed by atoms with van der Waals surface area (Å²) in [5, 5.41) is 12.9. The van der Waals surface area contributed by atoms with E-state index in [0.29, 0.717) is 0 Å². The standard InChI is InChI=1S/C15H21N3O/c1-12-10-13(4-5-15(12)19-2)14(11-16)18-8-3-6-17-7-9-18/h4-5,10,14,17H,3,6-9H2,1-2H3. The SMILES string of the molecule is COc1ccc(C(C#N)N2CCCNCC2)cc1C. The van der Waals surface area contributed by atoms with Gasteiger partial charge in [0.1, 0.15) is 11.8 Å². The van der Waals surface area contributed by atoms with E-state index in [1.54, 1.807) is 7.11 Å². The predicted molar refractivity (Wildman–Crippen MR) is 75.1 cm³/mol. The molecule has 102 valence electrons. The van der Waals surface area contributed by atoms with Gasteiger partial charge in [0.2, 0.25) is 0 Å². The first kappa shape index (κ1) is 13.9. The van der Waals surface area contributed by atoms with Crippen LogP contribution in [-0.2, 0) is 0 Å². The summed E-state index contributed by atoms with van der Waals surface area (Å²) in [5.41, 5.74) is 2.14. The highest BCUT2D eigenvalue weighted by molar-refractivity contribution is 5.38. The second-order valence-corrected chi connectivity index (χ2v) is 4.90. The molecule has 0 radical (unpaired) electrons. The van der Waals surface area contributed by atoms with Crippen LogP contribution in [0.3, 0.4) is 0 Å². The summed E-state index contributed by atoms with van der Waals surface area (Å²) in [6.07, 6.45) is 1.09. The van der Waals surface area contributed by atoms with E-state index in [1.165, 1.54) is 0 Å². The Morgan fingerprint density at radius 2 is 2.21 bits per heavy atom. The van der Waals surface area contributed by atoms with Gasteiger partial charge in [-0.25, -0.2) is 0 Å². The molecule has 1 aliphatic rings. The number of rotatable bonds is 3. The molecule has 1 atom stereocenters. The molecule has 0 spiro atoms. The molecule has 0 aliphatic carbocycles. The lowest BCUT2D eigenvalue weighted by molar-refractivity contribution is 0.252. The number of ether oxygens (including phenoxy) is 1. The van der Waals surface area contributed by atoms with Crippen LogP contribution in [0.15, 0.2) is 18.2 Å². The third kappa shape index (κ3) is 3.25. The Morgan fingerprint density at radius 3 is 2.89 bits per heavy atom. The molecular formula is C15H21N3O. The predicted octanol–water partition coefficient (Wildman–Crippen LogP) is 1.86. The normalized spacial score (nSPS) is 18.4. The van der Waals surface area contributed by atoms with Crippen molar-refractivity contribution in [3.8, 4) is 11.8 Å². The van der Waals surface area contributed by atoms with Crippen molar-refractivity contribution in [2.75, 3.05) is 33.3 Å². The van der Waals surface area contributed by atoms with Crippen LogP contribution in [0.5, 0.6) is 5.75 Å². The zero-order valence-electron chi connectivity index (χ0n) is 11.6. The van der Waals surface area contributed by atoms with Crippen LogP contribution in [0.25, 0.3) is 0 Å². The van der Waals surface area contributed by atoms with Crippen LogP contribution in [-0.4, -0.2) is 38.2 Å². The number of hydrogen-bond donors (Lipinski definition) is 1. The Hall–Kier alpha value is -1.57. The highest BCUT2D eigenvalue weighted by Gasteiger charge is 2.21. The second-order valence-electron chi connectivity index (χ2n) is 4.90. The summed E-state index contributed by atoms with van der Waals surface area (Å²) in [5.74, 6) is 0.873. The van der Waals surface area contributed by atoms with Crippen molar-refractivity contribution >= 4 is 0 Å². The lowest BCUT2D eigenvalue weighted by atomic mass is 10.0. The number of methoxy groups -OCH3 is 1. The molecule has 1 N–H and O–H groups in total. The van der Waals surface area contributed by atoms with E-state index in [1.807, 2.05) is 19.1 Å². The fraction of sp³-hybridized carbons (Fsp3) is 0.533. The molecular weight excluding hydrogens is 238 g/mol. The van der Waals surface area contributed by atoms with Crippen molar-refractivity contribution < 1.29 is 4.74 Å². The topological polar surface area (TPSA) is 48.3 Å². The molecule has 0 amide bonds. The summed E-state index contributed by atoms with van der Waals surface area (Å²) >= 11 is 0. The van der Waals surface area contributed by atoms with Gasteiger partial charge in [0, 0.05) is 19.6 Å². The van der Waals surface area contributed by atoms with Crippen LogP contribution in [0, 0.1) is 18.3 Å². The van der Waals surface area contributed by atoms with Gasteiger partial charge in [-0.3, -0.25) is 4.90 Å². The van der Waals surface area contributed by atoms with Gasteiger partial charge < -0.3 is 10.1 Å². The summed E-state index contributed by atoms with van der Waals surface area (Å²) in [4.78, 5) is 2.25. The smallest absolute Gasteiger partial charge is 0.123 e. The molecule has 2 rings (SSSR count). The van der Waals surface area contributed by atoms with Crippen molar-refractivity contribution in [1.82, 2.24) is 10.2 Å². The molecule has 19 heavy (non-hydrogen) atoms. The molecule has 1 aliphatic heterocycles. The zero-order valence-corrected chi connectivity index (χ0v) is 11.6. The lowest BCUT2D eigenvalue weighted by Gasteiger charge is -2.25. The minimum absolute atomic E-state index is 0.162. The third-order valence-corrected chi connectivity index (χ3v) is 3.60. The highest BCUT2D eigenvalue weighted by Crippen LogP contribution is 2.26. The minimum atomic E-state index is -0.162. The summed E-state index contributed by atoms with van der Waals surface area (Å²) in [6, 6.07) is 8.28. The summed E-state index contributed by atoms with van der Waals surface area (Å²) in [6.45, 7) is 5.89. The fourth-order valence-electron chi connectivity index (χ4n) is 2.56. The van der Waals surface area contributed by atoms with E-state index >= 15 is 0 Å². The van der Waals surface area contributed by atoms with Gasteiger partial charge in [0.05, 0.1) is 13.2 Å². The minimum Gasteiger partial charge on any atom is -0.496 e. The average Bonchev–Trinajstić information content (AvgIpc) is 2.69. The molecule has 1 saturated heterocycles. The number of nitrogens with zero attached hydrogens (tertiary/aromatic N) is 2. The van der Waals surface area contributed by atoms with Gasteiger partial charge in [-0.1, -0.05) is 6.07 Å². The van der Waals surface area contributed by atoms with Crippen molar-refractivity contribution in [3.05, 3.63) is 29.3 Å². The Balaban J connectivity index is 2.21. The highest BCUT2D eigenvalue weighted by atomic mass is 16.5. The van der Waals surface area contributed by atoms with Crippen LogP contribution < -0.4 is 10.1 Å². The Bertz CT molecular complexity index is 459. The fourth-order valence-corrected chi connectivity index (χ4v) is 2.56. The van der Waals surface area contributed by atoms with Crippen molar-refractivity contribution in [3.63, 3.8) is 0 Å². The maximum Gasteiger partial charge on any atom is 0.123 e. The van der Waals surface area contributed by atoms with Crippen LogP contribution in [0.2, 0.25) is 0 Å². The molecule has 0 bridgehead atoms. The monoisotopic (exact) mass is 259 g/mol. The first-order chi connectivity index (χ1) is 9.26. The maximum atomic E-state index is 9.50. The van der Waals surface area contributed by atoms with E-state index in [2.05, 4.69) is 22.4 Å². The van der Waals surface area contributed by atoms with E-state index in [9.17, 15) is 5.26 Å². The molecule has 1 aromatic rings. The number of nitriles is 1. The van der Waals surface area contributed by atoms with Crippen LogP contribution in [0.4, 0.5) is 0 Å². The van der Waals surface area contributed by atoms with Crippen LogP contribution >= 0.6 is 0 Å². The zero-order chi connectivity index (χ0) is 13.7. The van der Waals surface area contributed by atoms with E-state index < -0.39 is 0 Å². The molecule has 1 fully saturated rings. The molecule has 1 heterocycles. The third-order valence-electron chi connectivity index (χ3n) is 3.60. The maximum absolute atomic E-state index is 9.50. The molecule has 0 saturated carbocycles. The Labute approximate surface area is 115 Å². The summed E-state index contributed by atoms with van der Waals surface area (Å²) in [7, 11) is 1.67. The number of aryl methyl sites for hydroxylation is 1. The molecule has 4 nitrogen and oxygen atoms in total. The quantitative estimate of drug-likeness (QED) is 0.900. The van der Waals surface area contributed by atoms with Gasteiger partial charge >= 0.3 is 0 Å². The van der Waals surface area contributed by atoms with Gasteiger partial charge in [-0.15, -0.1) is 0 Å².